The van der Waals surface area contributed by atoms with Crippen LogP contribution in [0.5, 0.6) is 0 Å². The summed E-state index contributed by atoms with van der Waals surface area (Å²) in [6.45, 7) is 4.39. The van der Waals surface area contributed by atoms with E-state index < -0.39 is 0 Å². The van der Waals surface area contributed by atoms with E-state index in [0.717, 1.165) is 48.3 Å². The Kier molecular flexibility index (Phi) is 6.16. The number of rotatable bonds is 6. The molecule has 0 radical (unpaired) electrons. The third kappa shape index (κ3) is 4.53. The van der Waals surface area contributed by atoms with Crippen LogP contribution in [0.3, 0.4) is 0 Å². The molecule has 110 valence electrons. The molecule has 0 aliphatic rings. The summed E-state index contributed by atoms with van der Waals surface area (Å²) in [4.78, 5) is 0. The van der Waals surface area contributed by atoms with E-state index in [0.29, 0.717) is 0 Å². The zero-order valence-corrected chi connectivity index (χ0v) is 13.1. The number of hydrogen-bond acceptors (Lipinski definition) is 1. The minimum atomic E-state index is 0.922. The Morgan fingerprint density at radius 2 is 1.76 bits per heavy atom. The van der Waals surface area contributed by atoms with E-state index in [4.69, 9.17) is 4.42 Å². The van der Waals surface area contributed by atoms with Crippen LogP contribution in [0.15, 0.2) is 40.8 Å². The Labute approximate surface area is 128 Å². The van der Waals surface area contributed by atoms with Gasteiger partial charge in [0.15, 0.2) is 0 Å². The normalized spacial score (nSPS) is 10.2. The lowest BCUT2D eigenvalue weighted by molar-refractivity contribution is 0.512. The van der Waals surface area contributed by atoms with Gasteiger partial charge in [0.1, 0.15) is 11.5 Å². The van der Waals surface area contributed by atoms with Gasteiger partial charge in [0.2, 0.25) is 0 Å². The first-order valence-corrected chi connectivity index (χ1v) is 8.02. The Hall–Kier alpha value is -1.94. The Morgan fingerprint density at radius 3 is 2.48 bits per heavy atom. The van der Waals surface area contributed by atoms with Crippen LogP contribution in [0.4, 0.5) is 0 Å². The van der Waals surface area contributed by atoms with Gasteiger partial charge >= 0.3 is 0 Å². The van der Waals surface area contributed by atoms with Crippen LogP contribution in [0.2, 0.25) is 0 Å². The van der Waals surface area contributed by atoms with Crippen LogP contribution in [0, 0.1) is 11.8 Å². The molecule has 0 spiro atoms. The van der Waals surface area contributed by atoms with Crippen LogP contribution in [0.1, 0.15) is 57.3 Å². The van der Waals surface area contributed by atoms with Gasteiger partial charge in [-0.05, 0) is 18.9 Å². The third-order valence-corrected chi connectivity index (χ3v) is 3.47. The summed E-state index contributed by atoms with van der Waals surface area (Å²) in [6, 6.07) is 12.4. The first-order valence-electron chi connectivity index (χ1n) is 8.02. The van der Waals surface area contributed by atoms with Gasteiger partial charge in [-0.15, -0.1) is 0 Å². The largest absolute Gasteiger partial charge is 0.460 e. The molecule has 1 aromatic heterocycles. The zero-order valence-electron chi connectivity index (χ0n) is 13.1. The van der Waals surface area contributed by atoms with E-state index in [1.807, 2.05) is 18.2 Å². The molecule has 0 aliphatic carbocycles. The highest BCUT2D eigenvalue weighted by atomic mass is 16.3. The van der Waals surface area contributed by atoms with Crippen molar-refractivity contribution in [3.63, 3.8) is 0 Å². The fourth-order valence-corrected chi connectivity index (χ4v) is 2.24. The lowest BCUT2D eigenvalue weighted by atomic mass is 10.1. The van der Waals surface area contributed by atoms with Gasteiger partial charge in [-0.3, -0.25) is 0 Å². The van der Waals surface area contributed by atoms with Gasteiger partial charge in [-0.2, -0.15) is 0 Å². The monoisotopic (exact) mass is 280 g/mol. The molecule has 21 heavy (non-hydrogen) atoms. The average Bonchev–Trinajstić information content (AvgIpc) is 2.93. The molecule has 0 amide bonds. The van der Waals surface area contributed by atoms with Crippen molar-refractivity contribution in [3.05, 3.63) is 47.7 Å². The van der Waals surface area contributed by atoms with Crippen LogP contribution < -0.4 is 0 Å². The molecular weight excluding hydrogens is 256 g/mol. The molecule has 1 nitrogen and oxygen atoms in total. The second-order valence-electron chi connectivity index (χ2n) is 5.33. The van der Waals surface area contributed by atoms with Crippen molar-refractivity contribution in [1.29, 1.82) is 0 Å². The van der Waals surface area contributed by atoms with E-state index in [2.05, 4.69) is 43.9 Å². The topological polar surface area (TPSA) is 13.1 Å². The maximum atomic E-state index is 6.06. The second kappa shape index (κ2) is 8.37. The maximum absolute atomic E-state index is 6.06. The van der Waals surface area contributed by atoms with Gasteiger partial charge in [0.25, 0.3) is 0 Å². The van der Waals surface area contributed by atoms with Crippen molar-refractivity contribution < 1.29 is 4.42 Å². The van der Waals surface area contributed by atoms with E-state index in [9.17, 15) is 0 Å². The molecule has 0 N–H and O–H groups in total. The van der Waals surface area contributed by atoms with Gasteiger partial charge in [0, 0.05) is 18.4 Å². The molecule has 0 saturated carbocycles. The molecule has 0 unspecified atom stereocenters. The SMILES string of the molecule is CCCCC#Cc1cc(CCCC)oc1-c1ccccc1. The van der Waals surface area contributed by atoms with Gasteiger partial charge in [0.05, 0.1) is 5.56 Å². The number of hydrogen-bond donors (Lipinski definition) is 0. The van der Waals surface area contributed by atoms with Crippen molar-refractivity contribution >= 4 is 0 Å². The fourth-order valence-electron chi connectivity index (χ4n) is 2.24. The molecule has 0 bridgehead atoms. The van der Waals surface area contributed by atoms with Gasteiger partial charge in [-0.25, -0.2) is 0 Å². The smallest absolute Gasteiger partial charge is 0.149 e. The fraction of sp³-hybridized carbons (Fsp3) is 0.400. The lowest BCUT2D eigenvalue weighted by Gasteiger charge is -1.98. The molecule has 0 aliphatic heterocycles. The highest BCUT2D eigenvalue weighted by Gasteiger charge is 2.11. The predicted molar refractivity (Wildman–Crippen MR) is 89.2 cm³/mol. The van der Waals surface area contributed by atoms with Crippen molar-refractivity contribution in [2.45, 2.75) is 52.4 Å². The second-order valence-corrected chi connectivity index (χ2v) is 5.33. The summed E-state index contributed by atoms with van der Waals surface area (Å²) in [6.07, 6.45) is 6.64. The molecule has 1 aromatic carbocycles. The quantitative estimate of drug-likeness (QED) is 0.479. The molecular formula is C20H24O. The summed E-state index contributed by atoms with van der Waals surface area (Å²) in [5.74, 6) is 8.55. The average molecular weight is 280 g/mol. The highest BCUT2D eigenvalue weighted by Crippen LogP contribution is 2.27. The maximum Gasteiger partial charge on any atom is 0.149 e. The Balaban J connectivity index is 2.27. The van der Waals surface area contributed by atoms with Crippen LogP contribution >= 0.6 is 0 Å². The molecule has 0 saturated heterocycles. The molecule has 1 heterocycles. The van der Waals surface area contributed by atoms with E-state index in [-0.39, 0.29) is 0 Å². The summed E-state index contributed by atoms with van der Waals surface area (Å²) in [5, 5.41) is 0. The van der Waals surface area contributed by atoms with Crippen molar-refractivity contribution in [2.24, 2.45) is 0 Å². The first-order chi connectivity index (χ1) is 10.3. The molecule has 1 heteroatoms. The number of benzene rings is 1. The zero-order chi connectivity index (χ0) is 14.9. The van der Waals surface area contributed by atoms with Gasteiger partial charge < -0.3 is 4.42 Å². The van der Waals surface area contributed by atoms with E-state index in [1.54, 1.807) is 0 Å². The summed E-state index contributed by atoms with van der Waals surface area (Å²) in [7, 11) is 0. The molecule has 2 rings (SSSR count). The van der Waals surface area contributed by atoms with Crippen LogP contribution in [-0.4, -0.2) is 0 Å². The van der Waals surface area contributed by atoms with Crippen LogP contribution in [-0.2, 0) is 6.42 Å². The third-order valence-electron chi connectivity index (χ3n) is 3.47. The number of aryl methyl sites for hydroxylation is 1. The molecule has 2 aromatic rings. The number of furan rings is 1. The minimum absolute atomic E-state index is 0.922. The highest BCUT2D eigenvalue weighted by molar-refractivity contribution is 5.66. The summed E-state index contributed by atoms with van der Waals surface area (Å²) >= 11 is 0. The van der Waals surface area contributed by atoms with E-state index in [1.165, 1.54) is 12.8 Å². The number of unbranched alkanes of at least 4 members (excludes halogenated alkanes) is 3. The van der Waals surface area contributed by atoms with Crippen molar-refractivity contribution in [1.82, 2.24) is 0 Å². The van der Waals surface area contributed by atoms with Crippen molar-refractivity contribution in [2.75, 3.05) is 0 Å². The summed E-state index contributed by atoms with van der Waals surface area (Å²) < 4.78 is 6.06. The van der Waals surface area contributed by atoms with Gasteiger partial charge in [-0.1, -0.05) is 68.9 Å². The minimum Gasteiger partial charge on any atom is -0.460 e. The Bertz CT molecular complexity index is 596. The van der Waals surface area contributed by atoms with Crippen molar-refractivity contribution in [3.8, 4) is 23.2 Å². The molecule has 0 fully saturated rings. The lowest BCUT2D eigenvalue weighted by Crippen LogP contribution is -1.79. The first kappa shape index (κ1) is 15.4. The standard InChI is InChI=1S/C20H24O/c1-3-5-7-9-14-18-16-19(15-6-4-2)21-20(18)17-12-10-8-11-13-17/h8,10-13,16H,3-7,15H2,1-2H3. The summed E-state index contributed by atoms with van der Waals surface area (Å²) in [5.41, 5.74) is 2.14. The van der Waals surface area contributed by atoms with E-state index >= 15 is 0 Å². The Morgan fingerprint density at radius 1 is 1.00 bits per heavy atom. The molecule has 0 atom stereocenters. The predicted octanol–water partition coefficient (Wildman–Crippen LogP) is 5.83. The van der Waals surface area contributed by atoms with Crippen LogP contribution in [0.25, 0.3) is 11.3 Å².